The van der Waals surface area contributed by atoms with Crippen LogP contribution in [0.5, 0.6) is 0 Å². The lowest BCUT2D eigenvalue weighted by molar-refractivity contribution is -0.117. The molecule has 0 saturated heterocycles. The van der Waals surface area contributed by atoms with E-state index in [9.17, 15) is 19.1 Å². The normalized spacial score (nSPS) is 17.0. The maximum atomic E-state index is 14.7. The van der Waals surface area contributed by atoms with Gasteiger partial charge in [-0.15, -0.1) is 10.2 Å². The molecular weight excluding hydrogens is 397 g/mol. The van der Waals surface area contributed by atoms with Gasteiger partial charge in [0.25, 0.3) is 5.91 Å². The van der Waals surface area contributed by atoms with Crippen LogP contribution < -0.4 is 4.90 Å². The van der Waals surface area contributed by atoms with E-state index in [0.717, 1.165) is 22.3 Å². The van der Waals surface area contributed by atoms with Crippen molar-refractivity contribution >= 4 is 39.8 Å². The second kappa shape index (κ2) is 6.60. The lowest BCUT2D eigenvalue weighted by Crippen LogP contribution is -2.31. The summed E-state index contributed by atoms with van der Waals surface area (Å²) in [7, 11) is 0. The summed E-state index contributed by atoms with van der Waals surface area (Å²) in [5.41, 5.74) is 0.880. The van der Waals surface area contributed by atoms with Gasteiger partial charge in [-0.3, -0.25) is 14.5 Å². The van der Waals surface area contributed by atoms with Gasteiger partial charge < -0.3 is 9.52 Å². The van der Waals surface area contributed by atoms with Gasteiger partial charge in [0.15, 0.2) is 11.5 Å². The summed E-state index contributed by atoms with van der Waals surface area (Å²) >= 11 is 7.17. The van der Waals surface area contributed by atoms with E-state index < -0.39 is 29.3 Å². The third-order valence-corrected chi connectivity index (χ3v) is 5.04. The molecule has 1 unspecified atom stereocenters. The smallest absolute Gasteiger partial charge is 0.296 e. The second-order valence-corrected chi connectivity index (χ2v) is 6.72. The van der Waals surface area contributed by atoms with Crippen LogP contribution in [0.15, 0.2) is 57.9 Å². The molecule has 10 heteroatoms. The van der Waals surface area contributed by atoms with Crippen molar-refractivity contribution in [2.75, 3.05) is 4.90 Å². The third kappa shape index (κ3) is 2.71. The van der Waals surface area contributed by atoms with Crippen molar-refractivity contribution in [3.05, 3.63) is 75.6 Å². The third-order valence-electron chi connectivity index (χ3n) is 4.03. The number of hydrogen-bond acceptors (Lipinski definition) is 7. The Bertz CT molecular complexity index is 1050. The minimum absolute atomic E-state index is 0.0123. The summed E-state index contributed by atoms with van der Waals surface area (Å²) < 4.78 is 19.7. The highest BCUT2D eigenvalue weighted by Gasteiger charge is 2.48. The van der Waals surface area contributed by atoms with Crippen molar-refractivity contribution < 1.29 is 23.5 Å². The fourth-order valence-electron chi connectivity index (χ4n) is 2.89. The monoisotopic (exact) mass is 405 g/mol. The van der Waals surface area contributed by atoms with Crippen LogP contribution in [-0.4, -0.2) is 27.0 Å². The highest BCUT2D eigenvalue weighted by atomic mass is 35.5. The SMILES string of the molecule is O=C(C1=C(O)C(=O)N(c2nncs2)C1c1c(F)cccc1Cl)c1ccco1. The molecule has 1 atom stereocenters. The number of anilines is 1. The van der Waals surface area contributed by atoms with E-state index in [1.807, 2.05) is 0 Å². The number of amides is 1. The van der Waals surface area contributed by atoms with Crippen molar-refractivity contribution in [1.29, 1.82) is 0 Å². The molecule has 1 aromatic carbocycles. The Morgan fingerprint density at radius 2 is 2.15 bits per heavy atom. The number of aliphatic hydroxyl groups excluding tert-OH is 1. The first kappa shape index (κ1) is 17.4. The zero-order valence-electron chi connectivity index (χ0n) is 13.3. The van der Waals surface area contributed by atoms with E-state index in [1.165, 1.54) is 36.0 Å². The molecule has 0 fully saturated rings. The van der Waals surface area contributed by atoms with Gasteiger partial charge in [-0.25, -0.2) is 4.39 Å². The topological polar surface area (TPSA) is 96.5 Å². The number of carbonyl (C=O) groups is 2. The molecule has 4 rings (SSSR count). The number of furan rings is 1. The summed E-state index contributed by atoms with van der Waals surface area (Å²) in [6.45, 7) is 0. The van der Waals surface area contributed by atoms with Gasteiger partial charge in [-0.05, 0) is 24.3 Å². The molecule has 3 heterocycles. The summed E-state index contributed by atoms with van der Waals surface area (Å²) in [5.74, 6) is -3.35. The fourth-order valence-corrected chi connectivity index (χ4v) is 3.74. The van der Waals surface area contributed by atoms with Gasteiger partial charge in [-0.2, -0.15) is 0 Å². The quantitative estimate of drug-likeness (QED) is 0.665. The number of benzene rings is 1. The van der Waals surface area contributed by atoms with E-state index in [2.05, 4.69) is 10.2 Å². The van der Waals surface area contributed by atoms with Crippen LogP contribution in [0.25, 0.3) is 0 Å². The second-order valence-electron chi connectivity index (χ2n) is 5.50. The lowest BCUT2D eigenvalue weighted by atomic mass is 9.95. The molecule has 0 spiro atoms. The molecule has 0 radical (unpaired) electrons. The lowest BCUT2D eigenvalue weighted by Gasteiger charge is -2.24. The molecule has 136 valence electrons. The summed E-state index contributed by atoms with van der Waals surface area (Å²) in [5, 5.41) is 18.0. The van der Waals surface area contributed by atoms with Crippen LogP contribution in [0.1, 0.15) is 22.2 Å². The molecule has 1 aliphatic heterocycles. The molecule has 1 aliphatic rings. The average molecular weight is 406 g/mol. The Kier molecular flexibility index (Phi) is 4.25. The number of aromatic nitrogens is 2. The van der Waals surface area contributed by atoms with E-state index >= 15 is 0 Å². The van der Waals surface area contributed by atoms with Crippen molar-refractivity contribution in [3.8, 4) is 0 Å². The van der Waals surface area contributed by atoms with E-state index in [0.29, 0.717) is 0 Å². The first-order chi connectivity index (χ1) is 13.0. The van der Waals surface area contributed by atoms with Crippen LogP contribution in [0, 0.1) is 5.82 Å². The summed E-state index contributed by atoms with van der Waals surface area (Å²) in [6.07, 6.45) is 1.27. The number of carbonyl (C=O) groups excluding carboxylic acids is 2. The molecule has 0 aliphatic carbocycles. The molecule has 3 aromatic rings. The first-order valence-electron chi connectivity index (χ1n) is 7.55. The zero-order chi connectivity index (χ0) is 19.1. The molecule has 27 heavy (non-hydrogen) atoms. The van der Waals surface area contributed by atoms with Crippen LogP contribution in [0.3, 0.4) is 0 Å². The summed E-state index contributed by atoms with van der Waals surface area (Å²) in [4.78, 5) is 26.6. The number of hydrogen-bond donors (Lipinski definition) is 1. The van der Waals surface area contributed by atoms with E-state index in [-0.39, 0.29) is 27.1 Å². The first-order valence-corrected chi connectivity index (χ1v) is 8.81. The maximum Gasteiger partial charge on any atom is 0.296 e. The summed E-state index contributed by atoms with van der Waals surface area (Å²) in [6, 6.07) is 5.50. The van der Waals surface area contributed by atoms with Gasteiger partial charge >= 0.3 is 0 Å². The number of aliphatic hydroxyl groups is 1. The largest absolute Gasteiger partial charge is 0.503 e. The minimum Gasteiger partial charge on any atom is -0.503 e. The molecule has 7 nitrogen and oxygen atoms in total. The van der Waals surface area contributed by atoms with Gasteiger partial charge in [-0.1, -0.05) is 29.0 Å². The van der Waals surface area contributed by atoms with Crippen LogP contribution >= 0.6 is 22.9 Å². The number of ketones is 1. The number of halogens is 2. The Morgan fingerprint density at radius 3 is 2.78 bits per heavy atom. The molecule has 1 amide bonds. The van der Waals surface area contributed by atoms with Crippen LogP contribution in [0.4, 0.5) is 9.52 Å². The van der Waals surface area contributed by atoms with Crippen LogP contribution in [0.2, 0.25) is 5.02 Å². The Morgan fingerprint density at radius 1 is 1.33 bits per heavy atom. The molecule has 0 bridgehead atoms. The molecule has 0 saturated carbocycles. The van der Waals surface area contributed by atoms with Gasteiger partial charge in [0.05, 0.1) is 11.8 Å². The van der Waals surface area contributed by atoms with E-state index in [1.54, 1.807) is 0 Å². The zero-order valence-corrected chi connectivity index (χ0v) is 14.9. The van der Waals surface area contributed by atoms with Gasteiger partial charge in [0, 0.05) is 10.6 Å². The molecule has 1 N–H and O–H groups in total. The van der Waals surface area contributed by atoms with E-state index in [4.69, 9.17) is 16.0 Å². The number of Topliss-reactive ketones (excluding diaryl/α,β-unsaturated/α-hetero) is 1. The van der Waals surface area contributed by atoms with Gasteiger partial charge in [0.1, 0.15) is 17.4 Å². The molecule has 2 aromatic heterocycles. The molecular formula is C17H9ClFN3O4S. The minimum atomic E-state index is -1.32. The highest BCUT2D eigenvalue weighted by molar-refractivity contribution is 7.13. The fraction of sp³-hybridized carbons (Fsp3) is 0.0588. The van der Waals surface area contributed by atoms with Crippen LogP contribution in [-0.2, 0) is 4.79 Å². The van der Waals surface area contributed by atoms with Crippen molar-refractivity contribution in [3.63, 3.8) is 0 Å². The predicted octanol–water partition coefficient (Wildman–Crippen LogP) is 3.71. The predicted molar refractivity (Wildman–Crippen MR) is 94.2 cm³/mol. The Balaban J connectivity index is 1.95. The van der Waals surface area contributed by atoms with Gasteiger partial charge in [0.2, 0.25) is 10.9 Å². The Labute approximate surface area is 160 Å². The standard InChI is InChI=1S/C17H9ClFN3O4S/c18-8-3-1-4-9(19)11(8)13-12(14(23)10-5-2-6-26-10)15(24)16(25)22(13)17-21-20-7-27-17/h1-7,13,24H. The average Bonchev–Trinajstić information content (AvgIpc) is 3.38. The van der Waals surface area contributed by atoms with Crippen molar-refractivity contribution in [2.24, 2.45) is 0 Å². The van der Waals surface area contributed by atoms with Crippen molar-refractivity contribution in [2.45, 2.75) is 6.04 Å². The highest BCUT2D eigenvalue weighted by Crippen LogP contribution is 2.45. The maximum absolute atomic E-state index is 14.7. The number of rotatable bonds is 4. The Hall–Kier alpha value is -3.04. The number of nitrogens with zero attached hydrogens (tertiary/aromatic N) is 3. The van der Waals surface area contributed by atoms with Crippen molar-refractivity contribution in [1.82, 2.24) is 10.2 Å².